The van der Waals surface area contributed by atoms with Gasteiger partial charge in [0, 0.05) is 5.92 Å². The molecule has 0 bridgehead atoms. The van der Waals surface area contributed by atoms with Crippen LogP contribution in [-0.4, -0.2) is 37.7 Å². The van der Waals surface area contributed by atoms with Crippen molar-refractivity contribution >= 4 is 11.8 Å². The Hall–Kier alpha value is -1.73. The van der Waals surface area contributed by atoms with Crippen molar-refractivity contribution in [1.82, 2.24) is 0 Å². The van der Waals surface area contributed by atoms with Crippen LogP contribution < -0.4 is 0 Å². The zero-order chi connectivity index (χ0) is 15.0. The molecular formula is C11H13F3O5. The lowest BCUT2D eigenvalue weighted by Gasteiger charge is -2.42. The quantitative estimate of drug-likeness (QED) is 0.732. The van der Waals surface area contributed by atoms with Crippen LogP contribution >= 0.6 is 0 Å². The summed E-state index contributed by atoms with van der Waals surface area (Å²) in [6, 6.07) is 0. The molecule has 1 atom stereocenters. The van der Waals surface area contributed by atoms with Crippen LogP contribution in [0.4, 0.5) is 13.2 Å². The third-order valence-corrected chi connectivity index (χ3v) is 2.79. The SMILES string of the molecule is COC1=C(OC)C(OC(=O)C(F)(F)F)(C(C)C)C1=O. The molecular weight excluding hydrogens is 269 g/mol. The van der Waals surface area contributed by atoms with Gasteiger partial charge in [-0.2, -0.15) is 13.2 Å². The van der Waals surface area contributed by atoms with Gasteiger partial charge in [0.2, 0.25) is 11.4 Å². The molecule has 0 saturated heterocycles. The summed E-state index contributed by atoms with van der Waals surface area (Å²) in [5.41, 5.74) is -2.08. The summed E-state index contributed by atoms with van der Waals surface area (Å²) in [5, 5.41) is 0. The van der Waals surface area contributed by atoms with E-state index in [0.717, 1.165) is 7.11 Å². The van der Waals surface area contributed by atoms with Gasteiger partial charge in [0.15, 0.2) is 5.76 Å². The second-order valence-electron chi connectivity index (χ2n) is 4.17. The summed E-state index contributed by atoms with van der Waals surface area (Å²) in [6.07, 6.45) is -5.19. The van der Waals surface area contributed by atoms with E-state index in [9.17, 15) is 22.8 Å². The second-order valence-corrected chi connectivity index (χ2v) is 4.17. The molecule has 8 heteroatoms. The van der Waals surface area contributed by atoms with Crippen molar-refractivity contribution in [3.05, 3.63) is 11.5 Å². The van der Waals surface area contributed by atoms with E-state index in [1.54, 1.807) is 0 Å². The van der Waals surface area contributed by atoms with E-state index in [1.807, 2.05) is 0 Å². The lowest BCUT2D eigenvalue weighted by molar-refractivity contribution is -0.220. The van der Waals surface area contributed by atoms with Gasteiger partial charge in [0.1, 0.15) is 0 Å². The number of carbonyl (C=O) groups is 2. The Labute approximate surface area is 107 Å². The van der Waals surface area contributed by atoms with Crippen LogP contribution in [0.2, 0.25) is 0 Å². The molecule has 0 N–H and O–H groups in total. The third-order valence-electron chi connectivity index (χ3n) is 2.79. The smallest absolute Gasteiger partial charge is 0.490 e. The molecule has 0 aliphatic heterocycles. The fourth-order valence-corrected chi connectivity index (χ4v) is 1.85. The molecule has 5 nitrogen and oxygen atoms in total. The Bertz CT molecular complexity index is 438. The van der Waals surface area contributed by atoms with Crippen LogP contribution in [-0.2, 0) is 23.8 Å². The first-order chi connectivity index (χ1) is 8.62. The zero-order valence-electron chi connectivity index (χ0n) is 10.8. The van der Waals surface area contributed by atoms with Gasteiger partial charge < -0.3 is 14.2 Å². The molecule has 0 aromatic carbocycles. The summed E-state index contributed by atoms with van der Waals surface area (Å²) in [4.78, 5) is 22.8. The Morgan fingerprint density at radius 2 is 1.74 bits per heavy atom. The lowest BCUT2D eigenvalue weighted by atomic mass is 9.74. The van der Waals surface area contributed by atoms with Crippen LogP contribution in [0.5, 0.6) is 0 Å². The van der Waals surface area contributed by atoms with E-state index in [1.165, 1.54) is 21.0 Å². The summed E-state index contributed by atoms with van der Waals surface area (Å²) in [5.74, 6) is -4.49. The minimum atomic E-state index is -5.19. The molecule has 1 rings (SSSR count). The summed E-state index contributed by atoms with van der Waals surface area (Å²) in [7, 11) is 2.32. The van der Waals surface area contributed by atoms with Crippen molar-refractivity contribution < 1.29 is 37.0 Å². The fraction of sp³-hybridized carbons (Fsp3) is 0.636. The van der Waals surface area contributed by atoms with E-state index in [2.05, 4.69) is 4.74 Å². The summed E-state index contributed by atoms with van der Waals surface area (Å²) < 4.78 is 50.7. The minimum absolute atomic E-state index is 0.215. The second kappa shape index (κ2) is 4.75. The van der Waals surface area contributed by atoms with Crippen molar-refractivity contribution in [2.24, 2.45) is 5.92 Å². The number of rotatable bonds is 4. The van der Waals surface area contributed by atoms with E-state index >= 15 is 0 Å². The zero-order valence-corrected chi connectivity index (χ0v) is 10.8. The number of alkyl halides is 3. The molecule has 0 saturated carbocycles. The number of esters is 1. The Morgan fingerprint density at radius 1 is 1.21 bits per heavy atom. The lowest BCUT2D eigenvalue weighted by Crippen LogP contribution is -2.59. The molecule has 1 aliphatic rings. The predicted octanol–water partition coefficient (Wildman–Crippen LogP) is 1.57. The number of ketones is 1. The highest BCUT2D eigenvalue weighted by molar-refractivity contribution is 6.11. The summed E-state index contributed by atoms with van der Waals surface area (Å²) in [6.45, 7) is 2.88. The molecule has 0 spiro atoms. The van der Waals surface area contributed by atoms with Gasteiger partial charge in [-0.05, 0) is 0 Å². The number of hydrogen-bond donors (Lipinski definition) is 0. The number of Topliss-reactive ketones (excluding diaryl/α,β-unsaturated/α-hetero) is 1. The Balaban J connectivity index is 3.20. The van der Waals surface area contributed by atoms with Gasteiger partial charge in [-0.3, -0.25) is 4.79 Å². The van der Waals surface area contributed by atoms with Crippen molar-refractivity contribution in [3.63, 3.8) is 0 Å². The van der Waals surface area contributed by atoms with Crippen molar-refractivity contribution in [3.8, 4) is 0 Å². The average Bonchev–Trinajstić information content (AvgIpc) is 2.29. The standard InChI is InChI=1S/C11H13F3O5/c1-5(2)10(19-9(16)11(12,13)14)7(15)6(17-3)8(10)18-4/h5H,1-4H3. The largest absolute Gasteiger partial charge is 0.493 e. The molecule has 0 fully saturated rings. The van der Waals surface area contributed by atoms with Crippen LogP contribution in [0.1, 0.15) is 13.8 Å². The van der Waals surface area contributed by atoms with Crippen molar-refractivity contribution in [2.75, 3.05) is 14.2 Å². The molecule has 0 radical (unpaired) electrons. The van der Waals surface area contributed by atoms with Crippen molar-refractivity contribution in [1.29, 1.82) is 0 Å². The minimum Gasteiger partial charge on any atom is -0.493 e. The fourth-order valence-electron chi connectivity index (χ4n) is 1.85. The first kappa shape index (κ1) is 15.3. The van der Waals surface area contributed by atoms with E-state index < -0.39 is 29.4 Å². The topological polar surface area (TPSA) is 61.8 Å². The highest BCUT2D eigenvalue weighted by atomic mass is 19.4. The van der Waals surface area contributed by atoms with Crippen molar-refractivity contribution in [2.45, 2.75) is 25.6 Å². The molecule has 0 aromatic heterocycles. The molecule has 0 heterocycles. The molecule has 108 valence electrons. The summed E-state index contributed by atoms with van der Waals surface area (Å²) >= 11 is 0. The monoisotopic (exact) mass is 282 g/mol. The number of methoxy groups -OCH3 is 2. The maximum absolute atomic E-state index is 12.3. The molecule has 1 unspecified atom stereocenters. The Morgan fingerprint density at radius 3 is 2.05 bits per heavy atom. The first-order valence-corrected chi connectivity index (χ1v) is 5.30. The maximum atomic E-state index is 12.3. The van der Waals surface area contributed by atoms with Crippen LogP contribution in [0.15, 0.2) is 11.5 Å². The molecule has 0 amide bonds. The van der Waals surface area contributed by atoms with E-state index in [-0.39, 0.29) is 11.5 Å². The average molecular weight is 282 g/mol. The number of hydrogen-bond acceptors (Lipinski definition) is 5. The van der Waals surface area contributed by atoms with E-state index in [4.69, 9.17) is 9.47 Å². The van der Waals surface area contributed by atoms with Crippen LogP contribution in [0, 0.1) is 5.92 Å². The first-order valence-electron chi connectivity index (χ1n) is 5.30. The normalized spacial score (nSPS) is 23.3. The van der Waals surface area contributed by atoms with Crippen LogP contribution in [0.25, 0.3) is 0 Å². The van der Waals surface area contributed by atoms with Gasteiger partial charge in [-0.15, -0.1) is 0 Å². The molecule has 0 aromatic rings. The molecule has 1 aliphatic carbocycles. The van der Waals surface area contributed by atoms with Gasteiger partial charge >= 0.3 is 12.1 Å². The third kappa shape index (κ3) is 2.15. The van der Waals surface area contributed by atoms with Crippen LogP contribution in [0.3, 0.4) is 0 Å². The van der Waals surface area contributed by atoms with Gasteiger partial charge in [0.25, 0.3) is 5.78 Å². The predicted molar refractivity (Wildman–Crippen MR) is 55.8 cm³/mol. The van der Waals surface area contributed by atoms with Gasteiger partial charge in [-0.25, -0.2) is 4.79 Å². The number of carbonyl (C=O) groups excluding carboxylic acids is 2. The maximum Gasteiger partial charge on any atom is 0.490 e. The number of halogens is 3. The van der Waals surface area contributed by atoms with E-state index in [0.29, 0.717) is 0 Å². The van der Waals surface area contributed by atoms with Gasteiger partial charge in [0.05, 0.1) is 14.2 Å². The highest BCUT2D eigenvalue weighted by Gasteiger charge is 2.64. The highest BCUT2D eigenvalue weighted by Crippen LogP contribution is 2.45. The Kier molecular flexibility index (Phi) is 3.83. The number of ether oxygens (including phenoxy) is 3. The van der Waals surface area contributed by atoms with Gasteiger partial charge in [-0.1, -0.05) is 13.8 Å². The molecule has 19 heavy (non-hydrogen) atoms.